The Morgan fingerprint density at radius 1 is 1.25 bits per heavy atom. The van der Waals surface area contributed by atoms with Crippen LogP contribution in [-0.4, -0.2) is 76.5 Å². The lowest BCUT2D eigenvalue weighted by Gasteiger charge is -2.19. The van der Waals surface area contributed by atoms with Crippen LogP contribution >= 0.6 is 11.6 Å². The lowest BCUT2D eigenvalue weighted by atomic mass is 9.89. The summed E-state index contributed by atoms with van der Waals surface area (Å²) in [6.45, 7) is 0.700. The standard InChI is InChI=1S/C27H37ClN2O10/c1-18(16-39-30(36)37)40-27(35)15-29-26(34)10-5-3-2-4-9-22-23(25(33)14-24(22)32)12-11-20(31)17-38-21-8-6-7-19(28)13-21/h2,4,6-8,11-13,18,20,22-25,31-33H,3,5,9-10,14-17H2,1H3,(H,29,34)/b4-2-,12-11+/t18?,20-,22-,23-,24+,25-/m1/s1. The molecule has 0 heterocycles. The number of amides is 1. The molecule has 0 aliphatic heterocycles. The molecular weight excluding hydrogens is 548 g/mol. The smallest absolute Gasteiger partial charge is 0.325 e. The minimum atomic E-state index is -0.983. The largest absolute Gasteiger partial charge is 0.491 e. The summed E-state index contributed by atoms with van der Waals surface area (Å²) in [4.78, 5) is 37.8. The predicted octanol–water partition coefficient (Wildman–Crippen LogP) is 2.37. The molecule has 12 nitrogen and oxygen atoms in total. The van der Waals surface area contributed by atoms with Crippen molar-refractivity contribution >= 4 is 23.5 Å². The van der Waals surface area contributed by atoms with Crippen molar-refractivity contribution in [3.63, 3.8) is 0 Å². The summed E-state index contributed by atoms with van der Waals surface area (Å²) in [5, 5.41) is 43.2. The molecule has 1 aromatic carbocycles. The Hall–Kier alpha value is -3.19. The third-order valence-electron chi connectivity index (χ3n) is 6.21. The van der Waals surface area contributed by atoms with E-state index in [1.54, 1.807) is 36.4 Å². The first-order valence-electron chi connectivity index (χ1n) is 13.0. The minimum Gasteiger partial charge on any atom is -0.491 e. The zero-order chi connectivity index (χ0) is 29.5. The summed E-state index contributed by atoms with van der Waals surface area (Å²) >= 11 is 5.92. The van der Waals surface area contributed by atoms with Crippen LogP contribution in [0.1, 0.15) is 39.0 Å². The SMILES string of the molecule is CC(CO[N+](=O)[O-])OC(=O)CNC(=O)CCC/C=C\C[C@@H]1[C@@H](/C=C/[C@@H](O)COc2cccc(Cl)c2)[C@H](O)C[C@@H]1O. The Kier molecular flexibility index (Phi) is 14.4. The molecule has 13 heteroatoms. The number of carbonyl (C=O) groups excluding carboxylic acids is 2. The van der Waals surface area contributed by atoms with Gasteiger partial charge in [0.1, 0.15) is 37.7 Å². The third-order valence-corrected chi connectivity index (χ3v) is 6.45. The number of halogens is 1. The van der Waals surface area contributed by atoms with Gasteiger partial charge in [0.05, 0.1) is 12.2 Å². The van der Waals surface area contributed by atoms with Crippen LogP contribution in [0.4, 0.5) is 0 Å². The van der Waals surface area contributed by atoms with Crippen LogP contribution in [-0.2, 0) is 19.2 Å². The Bertz CT molecular complexity index is 1020. The quantitative estimate of drug-likeness (QED) is 0.0698. The van der Waals surface area contributed by atoms with E-state index in [1.807, 2.05) is 12.2 Å². The number of nitrogens with zero attached hydrogens (tertiary/aromatic N) is 1. The second-order valence-electron chi connectivity index (χ2n) is 9.53. The van der Waals surface area contributed by atoms with Gasteiger partial charge in [-0.25, -0.2) is 0 Å². The number of nitrogens with one attached hydrogen (secondary N) is 1. The topological polar surface area (TPSA) is 178 Å². The van der Waals surface area contributed by atoms with Gasteiger partial charge >= 0.3 is 5.97 Å². The van der Waals surface area contributed by atoms with Crippen molar-refractivity contribution in [1.29, 1.82) is 0 Å². The predicted molar refractivity (Wildman–Crippen MR) is 145 cm³/mol. The van der Waals surface area contributed by atoms with E-state index in [0.29, 0.717) is 30.0 Å². The van der Waals surface area contributed by atoms with Crippen LogP contribution in [0.25, 0.3) is 0 Å². The third kappa shape index (κ3) is 12.8. The number of hydrogen-bond acceptors (Lipinski definition) is 10. The summed E-state index contributed by atoms with van der Waals surface area (Å²) in [6, 6.07) is 6.83. The van der Waals surface area contributed by atoms with Crippen LogP contribution in [0, 0.1) is 22.0 Å². The molecule has 1 saturated carbocycles. The molecular formula is C27H37ClN2O10. The molecule has 4 N–H and O–H groups in total. The minimum absolute atomic E-state index is 0.0135. The lowest BCUT2D eigenvalue weighted by molar-refractivity contribution is -0.759. The highest BCUT2D eigenvalue weighted by Gasteiger charge is 2.39. The van der Waals surface area contributed by atoms with Crippen LogP contribution in [0.5, 0.6) is 5.75 Å². The van der Waals surface area contributed by atoms with Crippen molar-refractivity contribution in [2.24, 2.45) is 11.8 Å². The van der Waals surface area contributed by atoms with Gasteiger partial charge in [-0.2, -0.15) is 0 Å². The normalized spacial score (nSPS) is 22.2. The first-order valence-corrected chi connectivity index (χ1v) is 13.4. The molecule has 2 rings (SSSR count). The van der Waals surface area contributed by atoms with Crippen molar-refractivity contribution in [2.75, 3.05) is 19.8 Å². The van der Waals surface area contributed by atoms with Gasteiger partial charge in [0.15, 0.2) is 0 Å². The van der Waals surface area contributed by atoms with E-state index in [9.17, 15) is 35.0 Å². The van der Waals surface area contributed by atoms with E-state index in [-0.39, 0.29) is 43.7 Å². The molecule has 1 unspecified atom stereocenters. The monoisotopic (exact) mass is 584 g/mol. The summed E-state index contributed by atoms with van der Waals surface area (Å²) < 4.78 is 10.4. The van der Waals surface area contributed by atoms with Gasteiger partial charge < -0.3 is 34.9 Å². The van der Waals surface area contributed by atoms with Crippen molar-refractivity contribution in [2.45, 2.75) is 63.4 Å². The van der Waals surface area contributed by atoms with E-state index < -0.39 is 42.1 Å². The summed E-state index contributed by atoms with van der Waals surface area (Å²) in [6.07, 6.45) is 5.99. The summed E-state index contributed by atoms with van der Waals surface area (Å²) in [5.74, 6) is -1.09. The average molecular weight is 585 g/mol. The highest BCUT2D eigenvalue weighted by molar-refractivity contribution is 6.30. The van der Waals surface area contributed by atoms with E-state index in [0.717, 1.165) is 0 Å². The van der Waals surface area contributed by atoms with Gasteiger partial charge in [-0.3, -0.25) is 9.59 Å². The fraction of sp³-hybridized carbons (Fsp3) is 0.556. The Morgan fingerprint density at radius 2 is 2.02 bits per heavy atom. The van der Waals surface area contributed by atoms with E-state index >= 15 is 0 Å². The van der Waals surface area contributed by atoms with Gasteiger partial charge in [0, 0.05) is 23.8 Å². The first kappa shape index (κ1) is 33.0. The van der Waals surface area contributed by atoms with Crippen molar-refractivity contribution in [3.8, 4) is 5.75 Å². The number of allylic oxidation sites excluding steroid dienone is 2. The molecule has 1 amide bonds. The van der Waals surface area contributed by atoms with Crippen LogP contribution in [0.2, 0.25) is 5.02 Å². The van der Waals surface area contributed by atoms with Crippen molar-refractivity contribution < 1.29 is 44.3 Å². The van der Waals surface area contributed by atoms with Gasteiger partial charge in [-0.1, -0.05) is 42.0 Å². The second kappa shape index (κ2) is 17.5. The molecule has 0 spiro atoms. The van der Waals surface area contributed by atoms with Gasteiger partial charge in [0.2, 0.25) is 5.91 Å². The molecule has 6 atom stereocenters. The lowest BCUT2D eigenvalue weighted by Crippen LogP contribution is -2.33. The maximum Gasteiger partial charge on any atom is 0.325 e. The number of hydrogen-bond donors (Lipinski definition) is 4. The number of rotatable bonds is 17. The molecule has 0 radical (unpaired) electrons. The van der Waals surface area contributed by atoms with Crippen LogP contribution in [0.3, 0.4) is 0 Å². The average Bonchev–Trinajstić information content (AvgIpc) is 3.17. The maximum atomic E-state index is 11.9. The van der Waals surface area contributed by atoms with E-state index in [2.05, 4.69) is 10.2 Å². The number of ether oxygens (including phenoxy) is 2. The molecule has 1 aromatic rings. The van der Waals surface area contributed by atoms with Crippen LogP contribution < -0.4 is 10.1 Å². The molecule has 0 saturated heterocycles. The molecule has 1 fully saturated rings. The first-order chi connectivity index (χ1) is 19.0. The highest BCUT2D eigenvalue weighted by Crippen LogP contribution is 2.36. The highest BCUT2D eigenvalue weighted by atomic mass is 35.5. The van der Waals surface area contributed by atoms with Gasteiger partial charge in [-0.15, -0.1) is 10.1 Å². The number of benzene rings is 1. The number of carbonyl (C=O) groups is 2. The van der Waals surface area contributed by atoms with Crippen molar-refractivity contribution in [1.82, 2.24) is 5.32 Å². The maximum absolute atomic E-state index is 11.9. The molecule has 0 aromatic heterocycles. The van der Waals surface area contributed by atoms with Crippen molar-refractivity contribution in [3.05, 3.63) is 63.7 Å². The molecule has 1 aliphatic carbocycles. The molecule has 1 aliphatic rings. The Labute approximate surface area is 237 Å². The fourth-order valence-electron chi connectivity index (χ4n) is 4.23. The number of aliphatic hydroxyl groups excluding tert-OH is 3. The summed E-state index contributed by atoms with van der Waals surface area (Å²) in [7, 11) is 0. The zero-order valence-electron chi connectivity index (χ0n) is 22.3. The fourth-order valence-corrected chi connectivity index (χ4v) is 4.41. The number of esters is 1. The Morgan fingerprint density at radius 3 is 2.75 bits per heavy atom. The van der Waals surface area contributed by atoms with Gasteiger partial charge in [0.25, 0.3) is 5.09 Å². The number of aliphatic hydroxyl groups is 3. The van der Waals surface area contributed by atoms with E-state index in [1.165, 1.54) is 6.92 Å². The summed E-state index contributed by atoms with van der Waals surface area (Å²) in [5.41, 5.74) is 0. The van der Waals surface area contributed by atoms with Crippen LogP contribution in [0.15, 0.2) is 48.6 Å². The van der Waals surface area contributed by atoms with Gasteiger partial charge in [-0.05, 0) is 50.3 Å². The zero-order valence-corrected chi connectivity index (χ0v) is 23.0. The molecule has 222 valence electrons. The molecule has 40 heavy (non-hydrogen) atoms. The second-order valence-corrected chi connectivity index (χ2v) is 9.96. The molecule has 0 bridgehead atoms. The van der Waals surface area contributed by atoms with E-state index in [4.69, 9.17) is 21.1 Å². The Balaban J connectivity index is 1.67. The number of unbranched alkanes of at least 4 members (excludes halogenated alkanes) is 1.